The van der Waals surface area contributed by atoms with Gasteiger partial charge < -0.3 is 25.0 Å². The molecule has 1 heterocycles. The van der Waals surface area contributed by atoms with Gasteiger partial charge in [0.25, 0.3) is 5.91 Å². The normalized spacial score (nSPS) is 20.5. The van der Waals surface area contributed by atoms with E-state index in [-0.39, 0.29) is 17.9 Å². The van der Waals surface area contributed by atoms with Crippen molar-refractivity contribution in [2.75, 3.05) is 32.9 Å². The van der Waals surface area contributed by atoms with Crippen LogP contribution in [0.4, 0.5) is 10.5 Å². The van der Waals surface area contributed by atoms with Crippen molar-refractivity contribution in [2.24, 2.45) is 5.92 Å². The van der Waals surface area contributed by atoms with Crippen molar-refractivity contribution in [2.45, 2.75) is 39.4 Å². The number of fused-ring (bicyclic) bond motifs is 1. The standard InChI is InChI=1S/C19H29N3O4/c1-12-10-21(5)17(23)13-8-7-9-14(20)16(13)25-15(12)11-22(6)18(24)26-19(2,3)4/h7-9,12,15H,10-11,20H2,1-6H3/t12-,15+/m1/s1. The van der Waals surface area contributed by atoms with Gasteiger partial charge in [0.15, 0.2) is 5.75 Å². The predicted octanol–water partition coefficient (Wildman–Crippen LogP) is 2.60. The van der Waals surface area contributed by atoms with Crippen LogP contribution < -0.4 is 10.5 Å². The van der Waals surface area contributed by atoms with E-state index >= 15 is 0 Å². The summed E-state index contributed by atoms with van der Waals surface area (Å²) < 4.78 is 11.5. The first-order valence-electron chi connectivity index (χ1n) is 8.74. The Morgan fingerprint density at radius 2 is 2.08 bits per heavy atom. The number of nitrogens with two attached hydrogens (primary N) is 1. The minimum absolute atomic E-state index is 0.00147. The average molecular weight is 363 g/mol. The molecule has 0 saturated carbocycles. The number of amides is 2. The fraction of sp³-hybridized carbons (Fsp3) is 0.579. The molecule has 7 nitrogen and oxygen atoms in total. The second kappa shape index (κ2) is 7.43. The second-order valence-corrected chi connectivity index (χ2v) is 7.90. The molecule has 0 saturated heterocycles. The summed E-state index contributed by atoms with van der Waals surface area (Å²) in [7, 11) is 3.43. The summed E-state index contributed by atoms with van der Waals surface area (Å²) in [4.78, 5) is 28.0. The molecule has 7 heteroatoms. The highest BCUT2D eigenvalue weighted by Crippen LogP contribution is 2.32. The molecule has 2 rings (SSSR count). The molecular formula is C19H29N3O4. The fourth-order valence-electron chi connectivity index (χ4n) is 2.86. The Balaban J connectivity index is 2.26. The van der Waals surface area contributed by atoms with Crippen LogP contribution >= 0.6 is 0 Å². The summed E-state index contributed by atoms with van der Waals surface area (Å²) in [6, 6.07) is 5.14. The molecule has 1 aliphatic heterocycles. The van der Waals surface area contributed by atoms with Crippen LogP contribution in [0.5, 0.6) is 5.75 Å². The van der Waals surface area contributed by atoms with E-state index in [0.717, 1.165) is 0 Å². The molecule has 0 aromatic heterocycles. The van der Waals surface area contributed by atoms with Crippen molar-refractivity contribution >= 4 is 17.7 Å². The van der Waals surface area contributed by atoms with E-state index in [1.54, 1.807) is 37.2 Å². The van der Waals surface area contributed by atoms with Crippen molar-refractivity contribution in [3.63, 3.8) is 0 Å². The van der Waals surface area contributed by atoms with Crippen LogP contribution in [0.1, 0.15) is 38.1 Å². The predicted molar refractivity (Wildman–Crippen MR) is 100 cm³/mol. The van der Waals surface area contributed by atoms with Crippen molar-refractivity contribution in [1.29, 1.82) is 0 Å². The lowest BCUT2D eigenvalue weighted by Crippen LogP contribution is -2.47. The van der Waals surface area contributed by atoms with E-state index < -0.39 is 11.7 Å². The number of nitrogens with zero attached hydrogens (tertiary/aromatic N) is 2. The van der Waals surface area contributed by atoms with Crippen molar-refractivity contribution in [3.05, 3.63) is 23.8 Å². The third-order valence-corrected chi connectivity index (χ3v) is 4.25. The SMILES string of the molecule is C[C@@H]1CN(C)C(=O)c2cccc(N)c2O[C@H]1CN(C)C(=O)OC(C)(C)C. The number of hydrogen-bond donors (Lipinski definition) is 1. The van der Waals surface area contributed by atoms with E-state index in [1.165, 1.54) is 4.90 Å². The molecule has 1 aliphatic rings. The molecule has 0 fully saturated rings. The number of likely N-dealkylation sites (N-methyl/N-ethyl adjacent to an activating group) is 1. The average Bonchev–Trinajstić information content (AvgIpc) is 2.52. The summed E-state index contributed by atoms with van der Waals surface area (Å²) in [5, 5.41) is 0. The zero-order valence-electron chi connectivity index (χ0n) is 16.4. The number of anilines is 1. The number of hydrogen-bond acceptors (Lipinski definition) is 5. The molecule has 0 radical (unpaired) electrons. The molecular weight excluding hydrogens is 334 g/mol. The van der Waals surface area contributed by atoms with Gasteiger partial charge in [0, 0.05) is 26.6 Å². The lowest BCUT2D eigenvalue weighted by molar-refractivity contribution is 0.0152. The Kier molecular flexibility index (Phi) is 5.68. The number of ether oxygens (including phenoxy) is 2. The number of benzene rings is 1. The number of carbonyl (C=O) groups is 2. The molecule has 1 aromatic carbocycles. The molecule has 0 spiro atoms. The molecule has 2 atom stereocenters. The van der Waals surface area contributed by atoms with Crippen LogP contribution in [-0.4, -0.2) is 60.7 Å². The maximum Gasteiger partial charge on any atom is 0.410 e. The third-order valence-electron chi connectivity index (χ3n) is 4.25. The zero-order chi connectivity index (χ0) is 19.6. The van der Waals surface area contributed by atoms with Crippen molar-refractivity contribution in [1.82, 2.24) is 9.80 Å². The van der Waals surface area contributed by atoms with Crippen molar-refractivity contribution < 1.29 is 19.1 Å². The van der Waals surface area contributed by atoms with E-state index in [0.29, 0.717) is 30.1 Å². The van der Waals surface area contributed by atoms with Gasteiger partial charge in [-0.25, -0.2) is 4.79 Å². The van der Waals surface area contributed by atoms with E-state index in [2.05, 4.69) is 0 Å². The van der Waals surface area contributed by atoms with Gasteiger partial charge in [-0.15, -0.1) is 0 Å². The lowest BCUT2D eigenvalue weighted by Gasteiger charge is -2.35. The van der Waals surface area contributed by atoms with Crippen molar-refractivity contribution in [3.8, 4) is 5.75 Å². The first-order valence-corrected chi connectivity index (χ1v) is 8.74. The van der Waals surface area contributed by atoms with Crippen LogP contribution in [-0.2, 0) is 4.74 Å². The van der Waals surface area contributed by atoms with Gasteiger partial charge in [-0.1, -0.05) is 13.0 Å². The first-order chi connectivity index (χ1) is 12.0. The molecule has 1 aromatic rings. The van der Waals surface area contributed by atoms with Gasteiger partial charge in [-0.05, 0) is 32.9 Å². The highest BCUT2D eigenvalue weighted by Gasteiger charge is 2.32. The summed E-state index contributed by atoms with van der Waals surface area (Å²) in [5.74, 6) is 0.248. The fourth-order valence-corrected chi connectivity index (χ4v) is 2.86. The van der Waals surface area contributed by atoms with Gasteiger partial charge in [-0.2, -0.15) is 0 Å². The van der Waals surface area contributed by atoms with Crippen LogP contribution in [0.2, 0.25) is 0 Å². The zero-order valence-corrected chi connectivity index (χ0v) is 16.4. The summed E-state index contributed by atoms with van der Waals surface area (Å²) >= 11 is 0. The van der Waals surface area contributed by atoms with Crippen LogP contribution in [0, 0.1) is 5.92 Å². The van der Waals surface area contributed by atoms with E-state index in [9.17, 15) is 9.59 Å². The largest absolute Gasteiger partial charge is 0.485 e. The number of para-hydroxylation sites is 1. The molecule has 0 bridgehead atoms. The molecule has 0 unspecified atom stereocenters. The van der Waals surface area contributed by atoms with Crippen LogP contribution in [0.25, 0.3) is 0 Å². The van der Waals surface area contributed by atoms with Gasteiger partial charge in [0.05, 0.1) is 17.8 Å². The monoisotopic (exact) mass is 363 g/mol. The third kappa shape index (κ3) is 4.59. The molecule has 0 aliphatic carbocycles. The summed E-state index contributed by atoms with van der Waals surface area (Å²) in [5.41, 5.74) is 6.32. The highest BCUT2D eigenvalue weighted by atomic mass is 16.6. The highest BCUT2D eigenvalue weighted by molar-refractivity contribution is 5.98. The smallest absolute Gasteiger partial charge is 0.410 e. The molecule has 26 heavy (non-hydrogen) atoms. The quantitative estimate of drug-likeness (QED) is 0.817. The Bertz CT molecular complexity index is 684. The van der Waals surface area contributed by atoms with E-state index in [4.69, 9.17) is 15.2 Å². The number of carbonyl (C=O) groups excluding carboxylic acids is 2. The summed E-state index contributed by atoms with van der Waals surface area (Å²) in [6.45, 7) is 8.30. The number of rotatable bonds is 2. The van der Waals surface area contributed by atoms with E-state index in [1.807, 2.05) is 27.7 Å². The minimum Gasteiger partial charge on any atom is -0.485 e. The maximum atomic E-state index is 12.6. The lowest BCUT2D eigenvalue weighted by atomic mass is 10.0. The maximum absolute atomic E-state index is 12.6. The summed E-state index contributed by atoms with van der Waals surface area (Å²) in [6.07, 6.45) is -0.743. The van der Waals surface area contributed by atoms with Crippen LogP contribution in [0.15, 0.2) is 18.2 Å². The Labute approximate surface area is 155 Å². The Morgan fingerprint density at radius 1 is 1.42 bits per heavy atom. The van der Waals surface area contributed by atoms with Gasteiger partial charge in [-0.3, -0.25) is 4.79 Å². The first kappa shape index (κ1) is 19.9. The Hall–Kier alpha value is -2.44. The molecule has 2 N–H and O–H groups in total. The van der Waals surface area contributed by atoms with Gasteiger partial charge >= 0.3 is 6.09 Å². The molecule has 144 valence electrons. The van der Waals surface area contributed by atoms with Gasteiger partial charge in [0.1, 0.15) is 11.7 Å². The number of nitrogen functional groups attached to an aromatic ring is 1. The van der Waals surface area contributed by atoms with Crippen LogP contribution in [0.3, 0.4) is 0 Å². The second-order valence-electron chi connectivity index (χ2n) is 7.90. The Morgan fingerprint density at radius 3 is 2.69 bits per heavy atom. The minimum atomic E-state index is -0.567. The van der Waals surface area contributed by atoms with Gasteiger partial charge in [0.2, 0.25) is 0 Å². The topological polar surface area (TPSA) is 85.1 Å². The molecule has 2 amide bonds.